The summed E-state index contributed by atoms with van der Waals surface area (Å²) < 4.78 is 0. The molecule has 0 aliphatic rings. The first-order chi connectivity index (χ1) is 9.74. The van der Waals surface area contributed by atoms with E-state index in [1.807, 2.05) is 18.2 Å². The molecule has 20 heavy (non-hydrogen) atoms. The molecule has 0 bridgehead atoms. The van der Waals surface area contributed by atoms with E-state index >= 15 is 0 Å². The summed E-state index contributed by atoms with van der Waals surface area (Å²) in [5.41, 5.74) is 12.5. The topological polar surface area (TPSA) is 77.8 Å². The first kappa shape index (κ1) is 11.0. The summed E-state index contributed by atoms with van der Waals surface area (Å²) in [5, 5.41) is 5.47. The van der Waals surface area contributed by atoms with Gasteiger partial charge in [-0.1, -0.05) is 42.5 Å². The average molecular weight is 260 g/mol. The molecule has 4 N–H and O–H groups in total. The highest BCUT2D eigenvalue weighted by Crippen LogP contribution is 2.32. The summed E-state index contributed by atoms with van der Waals surface area (Å²) in [6, 6.07) is 16.4. The number of nitrogens with two attached hydrogens (primary N) is 2. The minimum atomic E-state index is 0.204. The molecule has 0 unspecified atom stereocenters. The van der Waals surface area contributed by atoms with E-state index in [2.05, 4.69) is 40.3 Å². The third-order valence-electron chi connectivity index (χ3n) is 3.63. The van der Waals surface area contributed by atoms with Crippen molar-refractivity contribution in [2.24, 2.45) is 0 Å². The van der Waals surface area contributed by atoms with Crippen LogP contribution in [0.3, 0.4) is 0 Å². The van der Waals surface area contributed by atoms with E-state index in [1.165, 1.54) is 10.8 Å². The van der Waals surface area contributed by atoms with Crippen molar-refractivity contribution in [2.75, 3.05) is 11.5 Å². The summed E-state index contributed by atoms with van der Waals surface area (Å²) in [6.45, 7) is 0. The van der Waals surface area contributed by atoms with Crippen molar-refractivity contribution in [3.8, 4) is 0 Å². The van der Waals surface area contributed by atoms with Gasteiger partial charge in [0.25, 0.3) is 0 Å². The van der Waals surface area contributed by atoms with E-state index in [1.54, 1.807) is 0 Å². The third-order valence-corrected chi connectivity index (χ3v) is 3.63. The van der Waals surface area contributed by atoms with Gasteiger partial charge in [0.15, 0.2) is 0 Å². The fourth-order valence-electron chi connectivity index (χ4n) is 2.77. The maximum Gasteiger partial charge on any atom is 0.222 e. The maximum absolute atomic E-state index is 6.04. The zero-order chi connectivity index (χ0) is 13.7. The summed E-state index contributed by atoms with van der Waals surface area (Å²) >= 11 is 0. The zero-order valence-corrected chi connectivity index (χ0v) is 10.7. The first-order valence-corrected chi connectivity index (χ1v) is 6.37. The number of anilines is 2. The van der Waals surface area contributed by atoms with Gasteiger partial charge in [-0.3, -0.25) is 0 Å². The van der Waals surface area contributed by atoms with Crippen LogP contribution in [0.5, 0.6) is 0 Å². The van der Waals surface area contributed by atoms with Crippen molar-refractivity contribution in [1.82, 2.24) is 9.97 Å². The molecule has 96 valence electrons. The largest absolute Gasteiger partial charge is 0.383 e. The van der Waals surface area contributed by atoms with Crippen LogP contribution in [0.4, 0.5) is 11.8 Å². The van der Waals surface area contributed by atoms with Crippen molar-refractivity contribution in [1.29, 1.82) is 0 Å². The Morgan fingerprint density at radius 1 is 0.700 bits per heavy atom. The monoisotopic (exact) mass is 260 g/mol. The molecule has 0 saturated carbocycles. The van der Waals surface area contributed by atoms with Crippen molar-refractivity contribution < 1.29 is 0 Å². The first-order valence-electron chi connectivity index (χ1n) is 6.37. The van der Waals surface area contributed by atoms with Crippen LogP contribution in [0, 0.1) is 0 Å². The number of benzene rings is 3. The lowest BCUT2D eigenvalue weighted by atomic mass is 9.99. The van der Waals surface area contributed by atoms with Crippen molar-refractivity contribution in [3.05, 3.63) is 48.5 Å². The van der Waals surface area contributed by atoms with Crippen LogP contribution in [0.1, 0.15) is 0 Å². The predicted molar refractivity (Wildman–Crippen MR) is 83.4 cm³/mol. The molecular formula is C16H12N4. The van der Waals surface area contributed by atoms with Gasteiger partial charge < -0.3 is 11.5 Å². The third kappa shape index (κ3) is 1.42. The Hall–Kier alpha value is -2.88. The SMILES string of the molecule is Nc1nc(N)c2c(ccc3c4ccccc4ccc32)n1. The van der Waals surface area contributed by atoms with E-state index in [0.717, 1.165) is 21.7 Å². The fourth-order valence-corrected chi connectivity index (χ4v) is 2.77. The van der Waals surface area contributed by atoms with Crippen LogP contribution >= 0.6 is 0 Å². The molecule has 0 radical (unpaired) electrons. The number of nitrogen functional groups attached to an aromatic ring is 2. The van der Waals surface area contributed by atoms with Gasteiger partial charge >= 0.3 is 0 Å². The Morgan fingerprint density at radius 3 is 2.40 bits per heavy atom. The Morgan fingerprint density at radius 2 is 1.50 bits per heavy atom. The smallest absolute Gasteiger partial charge is 0.222 e. The Labute approximate surface area is 115 Å². The van der Waals surface area contributed by atoms with Gasteiger partial charge in [0, 0.05) is 0 Å². The maximum atomic E-state index is 6.04. The lowest BCUT2D eigenvalue weighted by Crippen LogP contribution is -2.00. The van der Waals surface area contributed by atoms with Crippen molar-refractivity contribution >= 4 is 44.2 Å². The number of fused-ring (bicyclic) bond motifs is 5. The van der Waals surface area contributed by atoms with E-state index in [0.29, 0.717) is 5.82 Å². The quantitative estimate of drug-likeness (QED) is 0.476. The Bertz CT molecular complexity index is 976. The summed E-state index contributed by atoms with van der Waals surface area (Å²) in [4.78, 5) is 8.33. The molecule has 4 heteroatoms. The fraction of sp³-hybridized carbons (Fsp3) is 0. The van der Waals surface area contributed by atoms with Crippen LogP contribution < -0.4 is 11.5 Å². The van der Waals surface area contributed by atoms with E-state index in [4.69, 9.17) is 11.5 Å². The average Bonchev–Trinajstić information content (AvgIpc) is 2.46. The molecule has 0 aliphatic heterocycles. The Balaban J connectivity index is 2.29. The Kier molecular flexibility index (Phi) is 2.09. The second kappa shape index (κ2) is 3.81. The van der Waals surface area contributed by atoms with Gasteiger partial charge in [-0.2, -0.15) is 4.98 Å². The number of hydrogen-bond acceptors (Lipinski definition) is 4. The number of aromatic nitrogens is 2. The van der Waals surface area contributed by atoms with Crippen molar-refractivity contribution in [3.63, 3.8) is 0 Å². The van der Waals surface area contributed by atoms with Crippen LogP contribution in [0.15, 0.2) is 48.5 Å². The van der Waals surface area contributed by atoms with Crippen LogP contribution in [0.25, 0.3) is 32.4 Å². The second-order valence-corrected chi connectivity index (χ2v) is 4.81. The highest BCUT2D eigenvalue weighted by Gasteiger charge is 2.09. The minimum absolute atomic E-state index is 0.204. The second-order valence-electron chi connectivity index (χ2n) is 4.81. The van der Waals surface area contributed by atoms with Gasteiger partial charge in [0.05, 0.1) is 10.9 Å². The number of rotatable bonds is 0. The highest BCUT2D eigenvalue weighted by atomic mass is 15.0. The summed E-state index contributed by atoms with van der Waals surface area (Å²) in [7, 11) is 0. The van der Waals surface area contributed by atoms with E-state index < -0.39 is 0 Å². The van der Waals surface area contributed by atoms with Crippen molar-refractivity contribution in [2.45, 2.75) is 0 Å². The number of nitrogens with zero attached hydrogens (tertiary/aromatic N) is 2. The molecule has 4 rings (SSSR count). The molecule has 4 aromatic rings. The molecule has 0 aliphatic carbocycles. The van der Waals surface area contributed by atoms with Gasteiger partial charge in [0.1, 0.15) is 5.82 Å². The molecule has 3 aromatic carbocycles. The van der Waals surface area contributed by atoms with Crippen LogP contribution in [-0.2, 0) is 0 Å². The molecule has 0 spiro atoms. The lowest BCUT2D eigenvalue weighted by molar-refractivity contribution is 1.25. The molecule has 4 nitrogen and oxygen atoms in total. The van der Waals surface area contributed by atoms with Crippen LogP contribution in [-0.4, -0.2) is 9.97 Å². The molecule has 0 fully saturated rings. The van der Waals surface area contributed by atoms with Gasteiger partial charge in [-0.05, 0) is 27.6 Å². The molecule has 0 atom stereocenters. The van der Waals surface area contributed by atoms with Gasteiger partial charge in [0.2, 0.25) is 5.95 Å². The summed E-state index contributed by atoms with van der Waals surface area (Å²) in [6.07, 6.45) is 0. The molecule has 1 heterocycles. The molecule has 0 amide bonds. The molecule has 1 aromatic heterocycles. The summed E-state index contributed by atoms with van der Waals surface area (Å²) in [5.74, 6) is 0.628. The van der Waals surface area contributed by atoms with E-state index in [-0.39, 0.29) is 5.95 Å². The van der Waals surface area contributed by atoms with Gasteiger partial charge in [-0.15, -0.1) is 0 Å². The molecule has 0 saturated heterocycles. The molecular weight excluding hydrogens is 248 g/mol. The standard InChI is InChI=1S/C16H12N4/c17-15-14-12-6-5-9-3-1-2-4-10(9)11(12)7-8-13(14)19-16(18)20-15/h1-8H,(H4,17,18,19,20). The normalized spacial score (nSPS) is 11.4. The van der Waals surface area contributed by atoms with Gasteiger partial charge in [-0.25, -0.2) is 4.98 Å². The zero-order valence-electron chi connectivity index (χ0n) is 10.7. The van der Waals surface area contributed by atoms with E-state index in [9.17, 15) is 0 Å². The lowest BCUT2D eigenvalue weighted by Gasteiger charge is -2.09. The number of hydrogen-bond donors (Lipinski definition) is 2. The van der Waals surface area contributed by atoms with Crippen LogP contribution in [0.2, 0.25) is 0 Å². The minimum Gasteiger partial charge on any atom is -0.383 e. The highest BCUT2D eigenvalue weighted by molar-refractivity contribution is 6.19. The predicted octanol–water partition coefficient (Wildman–Crippen LogP) is 3.10.